The van der Waals surface area contributed by atoms with Crippen molar-refractivity contribution in [1.29, 1.82) is 0 Å². The number of carbonyl (C=O) groups excluding carboxylic acids is 2. The molecule has 0 aliphatic heterocycles. The molecule has 0 aromatic heterocycles. The summed E-state index contributed by atoms with van der Waals surface area (Å²) in [7, 11) is 0. The van der Waals surface area contributed by atoms with E-state index in [1.165, 1.54) is 0 Å². The molecule has 0 saturated carbocycles. The number of hydrogen-bond donors (Lipinski definition) is 2. The summed E-state index contributed by atoms with van der Waals surface area (Å²) in [6.07, 6.45) is 2.86. The van der Waals surface area contributed by atoms with Crippen molar-refractivity contribution in [3.63, 3.8) is 0 Å². The van der Waals surface area contributed by atoms with Crippen molar-refractivity contribution in [2.24, 2.45) is 0 Å². The Hall–Kier alpha value is -2.82. The predicted octanol–water partition coefficient (Wildman–Crippen LogP) is 4.26. The Balaban J connectivity index is 2.02. The van der Waals surface area contributed by atoms with Gasteiger partial charge < -0.3 is 15.4 Å². The predicted molar refractivity (Wildman–Crippen MR) is 104 cm³/mol. The lowest BCUT2D eigenvalue weighted by Crippen LogP contribution is -2.23. The Morgan fingerprint density at radius 3 is 2.35 bits per heavy atom. The zero-order valence-corrected chi connectivity index (χ0v) is 15.4. The van der Waals surface area contributed by atoms with E-state index in [1.807, 2.05) is 19.1 Å². The van der Waals surface area contributed by atoms with Crippen LogP contribution < -0.4 is 15.4 Å². The standard InChI is InChI=1S/C21H26N2O3/c1-3-5-15-26-19-9-7-6-8-18(19)21(25)23-17-12-10-16(11-13-17)20(24)22-14-4-2/h6-13H,3-5,14-15H2,1-2H3,(H,22,24)(H,23,25). The van der Waals surface area contributed by atoms with Crippen molar-refractivity contribution in [3.05, 3.63) is 59.7 Å². The molecule has 0 spiro atoms. The van der Waals surface area contributed by atoms with Gasteiger partial charge in [0, 0.05) is 17.8 Å². The van der Waals surface area contributed by atoms with Gasteiger partial charge in [-0.05, 0) is 49.2 Å². The summed E-state index contributed by atoms with van der Waals surface area (Å²) in [5.41, 5.74) is 1.69. The van der Waals surface area contributed by atoms with Crippen LogP contribution in [0.15, 0.2) is 48.5 Å². The van der Waals surface area contributed by atoms with Crippen LogP contribution in [-0.4, -0.2) is 25.0 Å². The van der Waals surface area contributed by atoms with E-state index in [0.717, 1.165) is 19.3 Å². The van der Waals surface area contributed by atoms with Crippen LogP contribution in [0.25, 0.3) is 0 Å². The van der Waals surface area contributed by atoms with Crippen molar-refractivity contribution in [1.82, 2.24) is 5.32 Å². The molecule has 0 aliphatic carbocycles. The molecule has 0 saturated heterocycles. The van der Waals surface area contributed by atoms with E-state index in [4.69, 9.17) is 4.74 Å². The van der Waals surface area contributed by atoms with Gasteiger partial charge in [-0.25, -0.2) is 0 Å². The van der Waals surface area contributed by atoms with Crippen molar-refractivity contribution in [2.75, 3.05) is 18.5 Å². The lowest BCUT2D eigenvalue weighted by molar-refractivity contribution is 0.0953. The summed E-state index contributed by atoms with van der Waals surface area (Å²) >= 11 is 0. The number of carbonyl (C=O) groups is 2. The average molecular weight is 354 g/mol. The van der Waals surface area contributed by atoms with Gasteiger partial charge in [0.15, 0.2) is 0 Å². The summed E-state index contributed by atoms with van der Waals surface area (Å²) in [5.74, 6) is 0.230. The first-order valence-corrected chi connectivity index (χ1v) is 9.07. The maximum atomic E-state index is 12.6. The normalized spacial score (nSPS) is 10.2. The molecule has 0 fully saturated rings. The summed E-state index contributed by atoms with van der Waals surface area (Å²) in [6, 6.07) is 14.0. The van der Waals surface area contributed by atoms with Gasteiger partial charge in [-0.15, -0.1) is 0 Å². The van der Waals surface area contributed by atoms with Gasteiger partial charge >= 0.3 is 0 Å². The zero-order chi connectivity index (χ0) is 18.8. The highest BCUT2D eigenvalue weighted by Crippen LogP contribution is 2.20. The first-order chi connectivity index (χ1) is 12.7. The summed E-state index contributed by atoms with van der Waals surface area (Å²) in [5, 5.41) is 5.67. The van der Waals surface area contributed by atoms with Crippen LogP contribution in [0.2, 0.25) is 0 Å². The fourth-order valence-electron chi connectivity index (χ4n) is 2.35. The van der Waals surface area contributed by atoms with Crippen molar-refractivity contribution in [2.45, 2.75) is 33.1 Å². The number of para-hydroxylation sites is 1. The lowest BCUT2D eigenvalue weighted by atomic mass is 10.1. The maximum Gasteiger partial charge on any atom is 0.259 e. The van der Waals surface area contributed by atoms with E-state index < -0.39 is 0 Å². The van der Waals surface area contributed by atoms with Gasteiger partial charge in [-0.2, -0.15) is 0 Å². The molecule has 5 nitrogen and oxygen atoms in total. The van der Waals surface area contributed by atoms with Crippen LogP contribution >= 0.6 is 0 Å². The topological polar surface area (TPSA) is 67.4 Å². The molecular formula is C21H26N2O3. The molecule has 2 amide bonds. The van der Waals surface area contributed by atoms with Crippen LogP contribution in [0, 0.1) is 0 Å². The maximum absolute atomic E-state index is 12.6. The third-order valence-electron chi connectivity index (χ3n) is 3.83. The molecule has 138 valence electrons. The summed E-state index contributed by atoms with van der Waals surface area (Å²) in [6.45, 7) is 5.32. The lowest BCUT2D eigenvalue weighted by Gasteiger charge is -2.12. The Morgan fingerprint density at radius 2 is 1.65 bits per heavy atom. The minimum absolute atomic E-state index is 0.112. The molecule has 0 aliphatic rings. The molecule has 5 heteroatoms. The molecule has 0 heterocycles. The molecule has 26 heavy (non-hydrogen) atoms. The Bertz CT molecular complexity index is 726. The number of amides is 2. The smallest absolute Gasteiger partial charge is 0.259 e. The van der Waals surface area contributed by atoms with Gasteiger partial charge in [0.05, 0.1) is 12.2 Å². The van der Waals surface area contributed by atoms with Gasteiger partial charge in [0.25, 0.3) is 11.8 Å². The SMILES string of the molecule is CCCCOc1ccccc1C(=O)Nc1ccc(C(=O)NCCC)cc1. The van der Waals surface area contributed by atoms with Gasteiger partial charge in [0.1, 0.15) is 5.75 Å². The van der Waals surface area contributed by atoms with Crippen molar-refractivity contribution < 1.29 is 14.3 Å². The van der Waals surface area contributed by atoms with Crippen LogP contribution in [0.5, 0.6) is 5.75 Å². The number of hydrogen-bond acceptors (Lipinski definition) is 3. The molecular weight excluding hydrogens is 328 g/mol. The average Bonchev–Trinajstić information content (AvgIpc) is 2.67. The quantitative estimate of drug-likeness (QED) is 0.661. The minimum Gasteiger partial charge on any atom is -0.493 e. The number of nitrogens with one attached hydrogen (secondary N) is 2. The highest BCUT2D eigenvalue weighted by molar-refractivity contribution is 6.06. The third kappa shape index (κ3) is 5.62. The molecule has 0 atom stereocenters. The molecule has 0 radical (unpaired) electrons. The van der Waals surface area contributed by atoms with Crippen LogP contribution in [-0.2, 0) is 0 Å². The van der Waals surface area contributed by atoms with Gasteiger partial charge in [-0.1, -0.05) is 32.4 Å². The largest absolute Gasteiger partial charge is 0.493 e. The van der Waals surface area contributed by atoms with Crippen molar-refractivity contribution >= 4 is 17.5 Å². The fraction of sp³-hybridized carbons (Fsp3) is 0.333. The van der Waals surface area contributed by atoms with E-state index in [0.29, 0.717) is 35.7 Å². The second-order valence-electron chi connectivity index (χ2n) is 5.99. The van der Waals surface area contributed by atoms with Gasteiger partial charge in [-0.3, -0.25) is 9.59 Å². The fourth-order valence-corrected chi connectivity index (χ4v) is 2.35. The number of rotatable bonds is 9. The second kappa shape index (κ2) is 10.2. The van der Waals surface area contributed by atoms with E-state index in [2.05, 4.69) is 17.6 Å². The first kappa shape index (κ1) is 19.5. The molecule has 0 bridgehead atoms. The number of ether oxygens (including phenoxy) is 1. The number of unbranched alkanes of at least 4 members (excludes halogenated alkanes) is 1. The molecule has 0 unspecified atom stereocenters. The van der Waals surface area contributed by atoms with E-state index in [9.17, 15) is 9.59 Å². The third-order valence-corrected chi connectivity index (χ3v) is 3.83. The summed E-state index contributed by atoms with van der Waals surface area (Å²) in [4.78, 5) is 24.5. The molecule has 2 aromatic rings. The van der Waals surface area contributed by atoms with Crippen LogP contribution in [0.4, 0.5) is 5.69 Å². The number of anilines is 1. The Kier molecular flexibility index (Phi) is 7.68. The van der Waals surface area contributed by atoms with Gasteiger partial charge in [0.2, 0.25) is 0 Å². The Morgan fingerprint density at radius 1 is 0.923 bits per heavy atom. The highest BCUT2D eigenvalue weighted by atomic mass is 16.5. The highest BCUT2D eigenvalue weighted by Gasteiger charge is 2.13. The Labute approximate surface area is 154 Å². The second-order valence-corrected chi connectivity index (χ2v) is 5.99. The van der Waals surface area contributed by atoms with Crippen LogP contribution in [0.1, 0.15) is 53.8 Å². The minimum atomic E-state index is -0.236. The molecule has 2 aromatic carbocycles. The first-order valence-electron chi connectivity index (χ1n) is 9.07. The molecule has 2 rings (SSSR count). The monoisotopic (exact) mass is 354 g/mol. The van der Waals surface area contributed by atoms with Crippen molar-refractivity contribution in [3.8, 4) is 5.75 Å². The van der Waals surface area contributed by atoms with E-state index in [1.54, 1.807) is 36.4 Å². The number of benzene rings is 2. The molecule has 2 N–H and O–H groups in total. The zero-order valence-electron chi connectivity index (χ0n) is 15.4. The van der Waals surface area contributed by atoms with E-state index in [-0.39, 0.29) is 11.8 Å². The van der Waals surface area contributed by atoms with E-state index >= 15 is 0 Å². The van der Waals surface area contributed by atoms with Crippen LogP contribution in [0.3, 0.4) is 0 Å². The summed E-state index contributed by atoms with van der Waals surface area (Å²) < 4.78 is 5.71.